The summed E-state index contributed by atoms with van der Waals surface area (Å²) in [6.45, 7) is 3.00. The first-order valence-electron chi connectivity index (χ1n) is 5.98. The summed E-state index contributed by atoms with van der Waals surface area (Å²) < 4.78 is 10.5. The molecule has 1 heterocycles. The zero-order chi connectivity index (χ0) is 13.7. The van der Waals surface area contributed by atoms with Crippen molar-refractivity contribution in [2.24, 2.45) is 0 Å². The Morgan fingerprint density at radius 1 is 1.26 bits per heavy atom. The van der Waals surface area contributed by atoms with Crippen LogP contribution in [0.3, 0.4) is 0 Å². The quantitative estimate of drug-likeness (QED) is 0.836. The smallest absolute Gasteiger partial charge is 0.371 e. The Kier molecular flexibility index (Phi) is 4.07. The van der Waals surface area contributed by atoms with Crippen LogP contribution in [-0.4, -0.2) is 17.7 Å². The number of carboxylic acids is 1. The second-order valence-corrected chi connectivity index (χ2v) is 3.88. The molecular weight excluding hydrogens is 246 g/mol. The first kappa shape index (κ1) is 13.0. The van der Waals surface area contributed by atoms with Crippen LogP contribution in [0.1, 0.15) is 23.2 Å². The molecule has 2 aromatic rings. The highest BCUT2D eigenvalue weighted by atomic mass is 16.5. The molecule has 19 heavy (non-hydrogen) atoms. The molecule has 0 amide bonds. The van der Waals surface area contributed by atoms with Crippen molar-refractivity contribution in [3.05, 3.63) is 47.9 Å². The lowest BCUT2D eigenvalue weighted by atomic mass is 10.3. The van der Waals surface area contributed by atoms with Gasteiger partial charge in [0, 0.05) is 5.69 Å². The number of furan rings is 1. The van der Waals surface area contributed by atoms with E-state index in [2.05, 4.69) is 5.32 Å². The minimum absolute atomic E-state index is 0.0523. The summed E-state index contributed by atoms with van der Waals surface area (Å²) in [5, 5.41) is 11.9. The van der Waals surface area contributed by atoms with Crippen molar-refractivity contribution in [3.8, 4) is 5.75 Å². The van der Waals surface area contributed by atoms with Gasteiger partial charge in [-0.2, -0.15) is 0 Å². The number of nitrogens with one attached hydrogen (secondary N) is 1. The van der Waals surface area contributed by atoms with Crippen molar-refractivity contribution in [2.45, 2.75) is 13.5 Å². The summed E-state index contributed by atoms with van der Waals surface area (Å²) in [5.41, 5.74) is 0.914. The van der Waals surface area contributed by atoms with E-state index in [0.29, 0.717) is 18.9 Å². The highest BCUT2D eigenvalue weighted by molar-refractivity contribution is 5.84. The highest BCUT2D eigenvalue weighted by Crippen LogP contribution is 2.17. The number of carbonyl (C=O) groups is 1. The van der Waals surface area contributed by atoms with Crippen LogP contribution < -0.4 is 10.1 Å². The van der Waals surface area contributed by atoms with Gasteiger partial charge in [-0.1, -0.05) is 0 Å². The van der Waals surface area contributed by atoms with Gasteiger partial charge >= 0.3 is 5.97 Å². The van der Waals surface area contributed by atoms with Crippen LogP contribution in [0.2, 0.25) is 0 Å². The molecule has 0 bridgehead atoms. The fraction of sp³-hybridized carbons (Fsp3) is 0.214. The Hall–Kier alpha value is -2.43. The summed E-state index contributed by atoms with van der Waals surface area (Å²) in [6.07, 6.45) is 0. The summed E-state index contributed by atoms with van der Waals surface area (Å²) in [5.74, 6) is 0.279. The monoisotopic (exact) mass is 261 g/mol. The van der Waals surface area contributed by atoms with Gasteiger partial charge in [-0.05, 0) is 43.3 Å². The fourth-order valence-corrected chi connectivity index (χ4v) is 1.61. The molecule has 0 radical (unpaired) electrons. The predicted octanol–water partition coefficient (Wildman–Crippen LogP) is 2.99. The van der Waals surface area contributed by atoms with Crippen LogP contribution in [0.5, 0.6) is 5.75 Å². The summed E-state index contributed by atoms with van der Waals surface area (Å²) in [4.78, 5) is 10.7. The molecular formula is C14H15NO4. The Morgan fingerprint density at radius 3 is 2.58 bits per heavy atom. The molecule has 100 valence electrons. The summed E-state index contributed by atoms with van der Waals surface area (Å²) in [6, 6.07) is 10.6. The van der Waals surface area contributed by atoms with Gasteiger partial charge in [-0.3, -0.25) is 0 Å². The van der Waals surface area contributed by atoms with Gasteiger partial charge in [0.15, 0.2) is 0 Å². The summed E-state index contributed by atoms with van der Waals surface area (Å²) in [7, 11) is 0. The lowest BCUT2D eigenvalue weighted by Crippen LogP contribution is -1.99. The molecule has 0 aliphatic rings. The predicted molar refractivity (Wildman–Crippen MR) is 70.6 cm³/mol. The second-order valence-electron chi connectivity index (χ2n) is 3.88. The lowest BCUT2D eigenvalue weighted by Gasteiger charge is -2.06. The molecule has 0 saturated carbocycles. The molecule has 2 rings (SSSR count). The minimum Gasteiger partial charge on any atom is -0.494 e. The van der Waals surface area contributed by atoms with Crippen molar-refractivity contribution in [3.63, 3.8) is 0 Å². The zero-order valence-electron chi connectivity index (χ0n) is 10.6. The zero-order valence-corrected chi connectivity index (χ0v) is 10.6. The molecule has 0 atom stereocenters. The van der Waals surface area contributed by atoms with E-state index >= 15 is 0 Å². The Labute approximate surface area is 110 Å². The number of anilines is 1. The highest BCUT2D eigenvalue weighted by Gasteiger charge is 2.08. The number of hydrogen-bond acceptors (Lipinski definition) is 4. The molecule has 0 saturated heterocycles. The number of ether oxygens (including phenoxy) is 1. The maximum atomic E-state index is 10.7. The second kappa shape index (κ2) is 5.95. The van der Waals surface area contributed by atoms with Gasteiger partial charge in [-0.15, -0.1) is 0 Å². The Morgan fingerprint density at radius 2 is 2.00 bits per heavy atom. The number of benzene rings is 1. The van der Waals surface area contributed by atoms with Gasteiger partial charge in [0.05, 0.1) is 13.2 Å². The van der Waals surface area contributed by atoms with Crippen LogP contribution in [0.25, 0.3) is 0 Å². The standard InChI is InChI=1S/C14H15NO4/c1-2-18-11-5-3-10(4-6-11)15-9-12-7-8-13(19-12)14(16)17/h3-8,15H,2,9H2,1H3,(H,16,17). The van der Waals surface area contributed by atoms with Crippen LogP contribution in [0.15, 0.2) is 40.8 Å². The van der Waals surface area contributed by atoms with Crippen LogP contribution >= 0.6 is 0 Å². The molecule has 0 unspecified atom stereocenters. The molecule has 2 N–H and O–H groups in total. The van der Waals surface area contributed by atoms with Crippen molar-refractivity contribution in [2.75, 3.05) is 11.9 Å². The number of carboxylic acid groups (broad SMARTS) is 1. The molecule has 0 spiro atoms. The van der Waals surface area contributed by atoms with Crippen LogP contribution in [0, 0.1) is 0 Å². The molecule has 1 aromatic carbocycles. The van der Waals surface area contributed by atoms with Gasteiger partial charge in [0.25, 0.3) is 0 Å². The SMILES string of the molecule is CCOc1ccc(NCc2ccc(C(=O)O)o2)cc1. The van der Waals surface area contributed by atoms with E-state index in [-0.39, 0.29) is 5.76 Å². The third-order valence-electron chi connectivity index (χ3n) is 2.50. The van der Waals surface area contributed by atoms with Gasteiger partial charge in [0.2, 0.25) is 5.76 Å². The fourth-order valence-electron chi connectivity index (χ4n) is 1.61. The largest absolute Gasteiger partial charge is 0.494 e. The van der Waals surface area contributed by atoms with E-state index < -0.39 is 5.97 Å². The molecule has 0 aliphatic heterocycles. The molecule has 1 aromatic heterocycles. The van der Waals surface area contributed by atoms with E-state index in [1.165, 1.54) is 6.07 Å². The number of rotatable bonds is 6. The van der Waals surface area contributed by atoms with E-state index in [1.807, 2.05) is 31.2 Å². The summed E-state index contributed by atoms with van der Waals surface area (Å²) >= 11 is 0. The number of aromatic carboxylic acids is 1. The third-order valence-corrected chi connectivity index (χ3v) is 2.50. The van der Waals surface area contributed by atoms with Gasteiger partial charge < -0.3 is 19.6 Å². The van der Waals surface area contributed by atoms with E-state index in [1.54, 1.807) is 6.07 Å². The first-order chi connectivity index (χ1) is 9.19. The van der Waals surface area contributed by atoms with Crippen molar-refractivity contribution in [1.82, 2.24) is 0 Å². The maximum Gasteiger partial charge on any atom is 0.371 e. The lowest BCUT2D eigenvalue weighted by molar-refractivity contribution is 0.0660. The van der Waals surface area contributed by atoms with Crippen molar-refractivity contribution >= 4 is 11.7 Å². The van der Waals surface area contributed by atoms with E-state index in [9.17, 15) is 4.79 Å². The van der Waals surface area contributed by atoms with E-state index in [4.69, 9.17) is 14.3 Å². The van der Waals surface area contributed by atoms with Crippen LogP contribution in [0.4, 0.5) is 5.69 Å². The topological polar surface area (TPSA) is 71.7 Å². The van der Waals surface area contributed by atoms with Gasteiger partial charge in [-0.25, -0.2) is 4.79 Å². The van der Waals surface area contributed by atoms with E-state index in [0.717, 1.165) is 11.4 Å². The normalized spacial score (nSPS) is 10.2. The maximum absolute atomic E-state index is 10.7. The third kappa shape index (κ3) is 3.51. The van der Waals surface area contributed by atoms with Crippen LogP contribution in [-0.2, 0) is 6.54 Å². The van der Waals surface area contributed by atoms with Gasteiger partial charge in [0.1, 0.15) is 11.5 Å². The Bertz CT molecular complexity index is 545. The van der Waals surface area contributed by atoms with Crippen molar-refractivity contribution < 1.29 is 19.1 Å². The number of hydrogen-bond donors (Lipinski definition) is 2. The molecule has 0 fully saturated rings. The van der Waals surface area contributed by atoms with Crippen molar-refractivity contribution in [1.29, 1.82) is 0 Å². The molecule has 5 heteroatoms. The first-order valence-corrected chi connectivity index (χ1v) is 5.98. The average molecular weight is 261 g/mol. The average Bonchev–Trinajstić information content (AvgIpc) is 2.87. The Balaban J connectivity index is 1.92. The molecule has 5 nitrogen and oxygen atoms in total. The minimum atomic E-state index is -1.06. The molecule has 0 aliphatic carbocycles.